The summed E-state index contributed by atoms with van der Waals surface area (Å²) in [6.07, 6.45) is 3.73. The first kappa shape index (κ1) is 14.3. The highest BCUT2D eigenvalue weighted by atomic mass is 14.8. The topological polar surface area (TPSA) is 25.8 Å². The van der Waals surface area contributed by atoms with Crippen molar-refractivity contribution < 1.29 is 0 Å². The van der Waals surface area contributed by atoms with Gasteiger partial charge in [0.15, 0.2) is 5.65 Å². The van der Waals surface area contributed by atoms with Gasteiger partial charge in [-0.3, -0.25) is 0 Å². The van der Waals surface area contributed by atoms with Crippen LogP contribution in [-0.4, -0.2) is 9.97 Å². The van der Waals surface area contributed by atoms with Crippen molar-refractivity contribution in [2.45, 2.75) is 0 Å². The van der Waals surface area contributed by atoms with E-state index in [4.69, 9.17) is 0 Å². The van der Waals surface area contributed by atoms with Gasteiger partial charge in [0.25, 0.3) is 0 Å². The lowest BCUT2D eigenvalue weighted by Crippen LogP contribution is -1.87. The highest BCUT2D eigenvalue weighted by Crippen LogP contribution is 2.49. The van der Waals surface area contributed by atoms with Gasteiger partial charge in [0.1, 0.15) is 0 Å². The Bertz CT molecular complexity index is 1610. The van der Waals surface area contributed by atoms with Crippen molar-refractivity contribution in [2.75, 3.05) is 0 Å². The molecule has 1 aliphatic rings. The Hall–Kier alpha value is -3.78. The minimum absolute atomic E-state index is 0.788. The highest BCUT2D eigenvalue weighted by Gasteiger charge is 2.21. The van der Waals surface area contributed by atoms with E-state index in [9.17, 15) is 0 Å². The van der Waals surface area contributed by atoms with E-state index >= 15 is 0 Å². The van der Waals surface area contributed by atoms with Gasteiger partial charge in [-0.2, -0.15) is 0 Å². The van der Waals surface area contributed by atoms with Crippen LogP contribution in [0.15, 0.2) is 85.2 Å². The molecule has 0 unspecified atom stereocenters. The summed E-state index contributed by atoms with van der Waals surface area (Å²) >= 11 is 0. The summed E-state index contributed by atoms with van der Waals surface area (Å²) in [5.74, 6) is 0. The molecule has 0 amide bonds. The quantitative estimate of drug-likeness (QED) is 0.305. The molecule has 0 bridgehead atoms. The monoisotopic (exact) mass is 354 g/mol. The zero-order valence-electron chi connectivity index (χ0n) is 15.0. The van der Waals surface area contributed by atoms with Gasteiger partial charge < -0.3 is 0 Å². The third-order valence-corrected chi connectivity index (χ3v) is 6.06. The van der Waals surface area contributed by atoms with E-state index < -0.39 is 0 Å². The Morgan fingerprint density at radius 2 is 1.32 bits per heavy atom. The second kappa shape index (κ2) is 4.93. The van der Waals surface area contributed by atoms with Gasteiger partial charge in [-0.1, -0.05) is 54.6 Å². The second-order valence-electron chi connectivity index (χ2n) is 7.49. The molecule has 2 nitrogen and oxygen atoms in total. The smallest absolute Gasteiger partial charge is 0.159 e. The molecule has 7 rings (SSSR count). The molecule has 6 aromatic rings. The lowest BCUT2D eigenvalue weighted by Gasteiger charge is -2.10. The van der Waals surface area contributed by atoms with Crippen molar-refractivity contribution in [1.29, 1.82) is 0 Å². The molecule has 2 aromatic heterocycles. The summed E-state index contributed by atoms with van der Waals surface area (Å²) < 4.78 is 0. The predicted octanol–water partition coefficient (Wildman–Crippen LogP) is 6.74. The van der Waals surface area contributed by atoms with Crippen molar-refractivity contribution in [3.8, 4) is 22.3 Å². The molecule has 0 atom stereocenters. The molecule has 0 radical (unpaired) electrons. The number of pyridine rings is 2. The van der Waals surface area contributed by atoms with E-state index in [-0.39, 0.29) is 0 Å². The van der Waals surface area contributed by atoms with Gasteiger partial charge in [-0.05, 0) is 67.2 Å². The van der Waals surface area contributed by atoms with Gasteiger partial charge in [0, 0.05) is 23.3 Å². The molecular formula is C26H14N2. The first-order valence-corrected chi connectivity index (χ1v) is 9.51. The number of hydrogen-bond acceptors (Lipinski definition) is 2. The Kier molecular flexibility index (Phi) is 2.52. The maximum Gasteiger partial charge on any atom is 0.159 e. The van der Waals surface area contributed by atoms with Crippen LogP contribution in [0.5, 0.6) is 0 Å². The van der Waals surface area contributed by atoms with Crippen molar-refractivity contribution in [1.82, 2.24) is 9.97 Å². The van der Waals surface area contributed by atoms with E-state index in [1.165, 1.54) is 49.0 Å². The number of aromatic nitrogens is 2. The minimum Gasteiger partial charge on any atom is -0.237 e. The molecule has 0 spiro atoms. The summed E-state index contributed by atoms with van der Waals surface area (Å²) in [5.41, 5.74) is 5.84. The third-order valence-electron chi connectivity index (χ3n) is 6.06. The molecule has 128 valence electrons. The highest BCUT2D eigenvalue weighted by molar-refractivity contribution is 6.34. The van der Waals surface area contributed by atoms with Crippen molar-refractivity contribution in [3.05, 3.63) is 85.2 Å². The van der Waals surface area contributed by atoms with Crippen LogP contribution in [0.4, 0.5) is 0 Å². The molecule has 0 fully saturated rings. The molecule has 4 aromatic carbocycles. The van der Waals surface area contributed by atoms with Gasteiger partial charge in [0.05, 0.1) is 0 Å². The Balaban J connectivity index is 1.63. The lowest BCUT2D eigenvalue weighted by atomic mass is 9.94. The molecule has 0 saturated heterocycles. The molecule has 0 aliphatic heterocycles. The zero-order chi connectivity index (χ0) is 18.2. The van der Waals surface area contributed by atoms with Gasteiger partial charge in [0.2, 0.25) is 0 Å². The van der Waals surface area contributed by atoms with E-state index in [1.807, 2.05) is 12.3 Å². The van der Waals surface area contributed by atoms with Crippen LogP contribution in [-0.2, 0) is 0 Å². The average molecular weight is 354 g/mol. The lowest BCUT2D eigenvalue weighted by molar-refractivity contribution is 1.29. The van der Waals surface area contributed by atoms with Gasteiger partial charge >= 0.3 is 0 Å². The first-order chi connectivity index (χ1) is 13.9. The van der Waals surface area contributed by atoms with Crippen LogP contribution < -0.4 is 0 Å². The number of benzene rings is 4. The molecule has 2 heteroatoms. The van der Waals surface area contributed by atoms with Crippen molar-refractivity contribution >= 4 is 43.4 Å². The van der Waals surface area contributed by atoms with Crippen LogP contribution in [0, 0.1) is 0 Å². The van der Waals surface area contributed by atoms with E-state index in [0.717, 1.165) is 16.6 Å². The number of fused-ring (bicyclic) bond motifs is 2. The minimum atomic E-state index is 0.788. The normalized spacial score (nSPS) is 12.3. The standard InChI is InChI=1S/C26H14N2/c1-3-15-6-7-16-8-9-21-19(18-13-17-4-2-12-27-26(17)28-14-18)10-11-22-20(5-1)23(15)24(16)25(21)22/h1-14H. The molecule has 28 heavy (non-hydrogen) atoms. The fraction of sp³-hybridized carbons (Fsp3) is 0. The summed E-state index contributed by atoms with van der Waals surface area (Å²) in [7, 11) is 0. The fourth-order valence-corrected chi connectivity index (χ4v) is 4.85. The van der Waals surface area contributed by atoms with Gasteiger partial charge in [-0.25, -0.2) is 9.97 Å². The Morgan fingerprint density at radius 1 is 0.536 bits per heavy atom. The number of hydrogen-bond donors (Lipinski definition) is 0. The Morgan fingerprint density at radius 3 is 2.29 bits per heavy atom. The molecule has 1 aliphatic carbocycles. The average Bonchev–Trinajstić information content (AvgIpc) is 3.11. The second-order valence-corrected chi connectivity index (χ2v) is 7.49. The summed E-state index contributed by atoms with van der Waals surface area (Å²) in [6, 6.07) is 26.4. The molecule has 0 saturated carbocycles. The van der Waals surface area contributed by atoms with Crippen LogP contribution in [0.2, 0.25) is 0 Å². The van der Waals surface area contributed by atoms with E-state index in [2.05, 4.69) is 76.7 Å². The van der Waals surface area contributed by atoms with Crippen LogP contribution in [0.25, 0.3) is 65.6 Å². The summed E-state index contributed by atoms with van der Waals surface area (Å²) in [5, 5.41) is 9.12. The predicted molar refractivity (Wildman–Crippen MR) is 116 cm³/mol. The maximum absolute atomic E-state index is 4.58. The van der Waals surface area contributed by atoms with Crippen LogP contribution in [0.1, 0.15) is 0 Å². The summed E-state index contributed by atoms with van der Waals surface area (Å²) in [4.78, 5) is 8.94. The van der Waals surface area contributed by atoms with Crippen molar-refractivity contribution in [2.24, 2.45) is 0 Å². The molecule has 0 N–H and O–H groups in total. The largest absolute Gasteiger partial charge is 0.237 e. The first-order valence-electron chi connectivity index (χ1n) is 9.51. The number of nitrogens with zero attached hydrogens (tertiary/aromatic N) is 2. The van der Waals surface area contributed by atoms with E-state index in [0.29, 0.717) is 0 Å². The fourth-order valence-electron chi connectivity index (χ4n) is 4.85. The maximum atomic E-state index is 4.58. The van der Waals surface area contributed by atoms with Crippen molar-refractivity contribution in [3.63, 3.8) is 0 Å². The third kappa shape index (κ3) is 1.68. The zero-order valence-corrected chi connectivity index (χ0v) is 15.0. The van der Waals surface area contributed by atoms with Crippen LogP contribution >= 0.6 is 0 Å². The van der Waals surface area contributed by atoms with E-state index in [1.54, 1.807) is 6.20 Å². The number of rotatable bonds is 1. The SMILES string of the molecule is c1cnc2ncc(-c3ccc4c5c3ccc3ccc6cccc-4c6c35)cc2c1. The van der Waals surface area contributed by atoms with Crippen LogP contribution in [0.3, 0.4) is 0 Å². The summed E-state index contributed by atoms with van der Waals surface area (Å²) in [6.45, 7) is 0. The van der Waals surface area contributed by atoms with Gasteiger partial charge in [-0.15, -0.1) is 0 Å². The Labute approximate surface area is 161 Å². The molecular weight excluding hydrogens is 340 g/mol. The molecule has 2 heterocycles.